The number of hydrogen-bond donors (Lipinski definition) is 0. The first-order valence-electron chi connectivity index (χ1n) is 29.1. The Morgan fingerprint density at radius 3 is 0.881 bits per heavy atom. The van der Waals surface area contributed by atoms with Crippen LogP contribution in [0.2, 0.25) is 0 Å². The van der Waals surface area contributed by atoms with Crippen LogP contribution in [0.1, 0.15) is 303 Å². The number of carbonyl (C=O) groups is 3. The molecule has 0 fully saturated rings. The van der Waals surface area contributed by atoms with E-state index in [0.29, 0.717) is 19.3 Å². The summed E-state index contributed by atoms with van der Waals surface area (Å²) in [6, 6.07) is 0. The third-order valence-corrected chi connectivity index (χ3v) is 12.9. The molecule has 0 saturated heterocycles. The summed E-state index contributed by atoms with van der Waals surface area (Å²) in [5, 5.41) is 0. The van der Waals surface area contributed by atoms with E-state index in [1.165, 1.54) is 193 Å². The van der Waals surface area contributed by atoms with E-state index >= 15 is 0 Å². The van der Waals surface area contributed by atoms with Gasteiger partial charge >= 0.3 is 17.9 Å². The third-order valence-electron chi connectivity index (χ3n) is 12.9. The molecule has 6 heteroatoms. The molecule has 0 rings (SSSR count). The van der Waals surface area contributed by atoms with Crippen LogP contribution < -0.4 is 0 Å². The minimum Gasteiger partial charge on any atom is -0.462 e. The van der Waals surface area contributed by atoms with Crippen LogP contribution in [-0.2, 0) is 28.6 Å². The maximum absolute atomic E-state index is 12.8. The van der Waals surface area contributed by atoms with E-state index in [1.54, 1.807) is 0 Å². The highest BCUT2D eigenvalue weighted by atomic mass is 16.6. The summed E-state index contributed by atoms with van der Waals surface area (Å²) in [5.74, 6) is -0.964. The van der Waals surface area contributed by atoms with Gasteiger partial charge in [-0.3, -0.25) is 14.4 Å². The van der Waals surface area contributed by atoms with Gasteiger partial charge in [-0.05, 0) is 44.9 Å². The fraction of sp³-hybridized carbons (Fsp3) is 0.820. The Hall–Kier alpha value is -2.63. The Morgan fingerprint density at radius 1 is 0.313 bits per heavy atom. The van der Waals surface area contributed by atoms with Crippen LogP contribution >= 0.6 is 0 Å². The van der Waals surface area contributed by atoms with Crippen LogP contribution in [0.25, 0.3) is 0 Å². The highest BCUT2D eigenvalue weighted by molar-refractivity contribution is 5.71. The molecule has 0 N–H and O–H groups in total. The molecule has 0 aromatic carbocycles. The second-order valence-electron chi connectivity index (χ2n) is 19.5. The first kappa shape index (κ1) is 64.4. The summed E-state index contributed by atoms with van der Waals surface area (Å²) in [5.41, 5.74) is 0. The molecule has 1 unspecified atom stereocenters. The first-order chi connectivity index (χ1) is 33.0. The summed E-state index contributed by atoms with van der Waals surface area (Å²) in [4.78, 5) is 38.0. The number of unbranched alkanes of at least 4 members (excludes halogenated alkanes) is 34. The molecule has 0 amide bonds. The van der Waals surface area contributed by atoms with Gasteiger partial charge in [-0.2, -0.15) is 0 Å². The van der Waals surface area contributed by atoms with E-state index in [-0.39, 0.29) is 37.5 Å². The van der Waals surface area contributed by atoms with Gasteiger partial charge in [-0.1, -0.05) is 288 Å². The molecule has 0 bridgehead atoms. The monoisotopic (exact) mass is 939 g/mol. The summed E-state index contributed by atoms with van der Waals surface area (Å²) in [7, 11) is 0. The molecule has 0 aliphatic carbocycles. The molecule has 0 radical (unpaired) electrons. The zero-order chi connectivity index (χ0) is 48.6. The van der Waals surface area contributed by atoms with Crippen LogP contribution in [0.3, 0.4) is 0 Å². The average molecular weight is 940 g/mol. The van der Waals surface area contributed by atoms with E-state index in [1.807, 2.05) is 6.08 Å². The average Bonchev–Trinajstić information content (AvgIpc) is 3.33. The minimum atomic E-state index is -0.807. The lowest BCUT2D eigenvalue weighted by Gasteiger charge is -2.18. The molecule has 0 aromatic heterocycles. The van der Waals surface area contributed by atoms with Crippen LogP contribution in [0.4, 0.5) is 0 Å². The van der Waals surface area contributed by atoms with Crippen LogP contribution in [0.15, 0.2) is 48.6 Å². The van der Waals surface area contributed by atoms with Crippen molar-refractivity contribution in [2.24, 2.45) is 0 Å². The topological polar surface area (TPSA) is 78.9 Å². The van der Waals surface area contributed by atoms with Gasteiger partial charge in [0.2, 0.25) is 0 Å². The maximum Gasteiger partial charge on any atom is 0.306 e. The van der Waals surface area contributed by atoms with Crippen molar-refractivity contribution in [1.82, 2.24) is 0 Å². The molecule has 1 atom stereocenters. The summed E-state index contributed by atoms with van der Waals surface area (Å²) in [6.45, 7) is 6.50. The first-order valence-corrected chi connectivity index (χ1v) is 29.1. The van der Waals surface area contributed by atoms with Crippen LogP contribution in [0.5, 0.6) is 0 Å². The molecular formula is C61H110O6. The Labute approximate surface area is 416 Å². The van der Waals surface area contributed by atoms with E-state index in [2.05, 4.69) is 63.3 Å². The van der Waals surface area contributed by atoms with E-state index in [4.69, 9.17) is 14.2 Å². The van der Waals surface area contributed by atoms with E-state index < -0.39 is 6.10 Å². The molecule has 0 aromatic rings. The Kier molecular flexibility index (Phi) is 53.8. The highest BCUT2D eigenvalue weighted by Gasteiger charge is 2.19. The predicted molar refractivity (Wildman–Crippen MR) is 289 cm³/mol. The molecule has 0 spiro atoms. The Balaban J connectivity index is 4.28. The van der Waals surface area contributed by atoms with E-state index in [9.17, 15) is 14.4 Å². The standard InChI is InChI=1S/C61H110O6/c1-4-7-10-13-16-19-22-25-26-27-28-29-30-31-32-33-34-37-39-42-45-48-51-54-60(63)66-57-58(67-61(64)55-52-49-46-43-40-36-24-21-18-15-12-9-6-3)56-65-59(62)53-50-47-44-41-38-35-23-20-17-14-11-8-5-2/h9,12,18,21,36,40,46,49,58H,4-8,10-11,13-17,19-20,22-35,37-39,41-45,47-48,50-57H2,1-3H3/b12-9-,21-18-,40-36-,49-46-. The van der Waals surface area contributed by atoms with Crippen molar-refractivity contribution in [1.29, 1.82) is 0 Å². The van der Waals surface area contributed by atoms with Crippen molar-refractivity contribution in [3.63, 3.8) is 0 Å². The van der Waals surface area contributed by atoms with Crippen LogP contribution in [-0.4, -0.2) is 37.2 Å². The Bertz CT molecular complexity index is 1170. The summed E-state index contributed by atoms with van der Waals surface area (Å²) in [6.07, 6.45) is 68.5. The van der Waals surface area contributed by atoms with Gasteiger partial charge in [0.05, 0.1) is 0 Å². The highest BCUT2D eigenvalue weighted by Crippen LogP contribution is 2.17. The van der Waals surface area contributed by atoms with Crippen molar-refractivity contribution in [2.45, 2.75) is 309 Å². The maximum atomic E-state index is 12.8. The number of esters is 3. The SMILES string of the molecule is CC/C=C\C/C=C\C/C=C\C/C=C\CCC(=O)OC(COC(=O)CCCCCCCCCCCCCCC)COC(=O)CCCCCCCCCCCCCCCCCCCCCCCCC. The van der Waals surface area contributed by atoms with Gasteiger partial charge in [-0.15, -0.1) is 0 Å². The molecule has 67 heavy (non-hydrogen) atoms. The number of hydrogen-bond acceptors (Lipinski definition) is 6. The van der Waals surface area contributed by atoms with Gasteiger partial charge in [-0.25, -0.2) is 0 Å². The number of ether oxygens (including phenoxy) is 3. The van der Waals surface area contributed by atoms with E-state index in [0.717, 1.165) is 64.2 Å². The normalized spacial score (nSPS) is 12.3. The smallest absolute Gasteiger partial charge is 0.306 e. The van der Waals surface area contributed by atoms with Crippen molar-refractivity contribution in [2.75, 3.05) is 13.2 Å². The van der Waals surface area contributed by atoms with Gasteiger partial charge in [0.25, 0.3) is 0 Å². The van der Waals surface area contributed by atoms with Gasteiger partial charge in [0, 0.05) is 19.3 Å². The lowest BCUT2D eigenvalue weighted by molar-refractivity contribution is -0.166. The predicted octanol–water partition coefficient (Wildman–Crippen LogP) is 19.4. The molecule has 390 valence electrons. The quantitative estimate of drug-likeness (QED) is 0.0262. The zero-order valence-corrected chi connectivity index (χ0v) is 44.7. The van der Waals surface area contributed by atoms with Crippen molar-refractivity contribution in [3.8, 4) is 0 Å². The van der Waals surface area contributed by atoms with Crippen molar-refractivity contribution in [3.05, 3.63) is 48.6 Å². The van der Waals surface area contributed by atoms with Gasteiger partial charge in [0.15, 0.2) is 6.10 Å². The molecular weight excluding hydrogens is 829 g/mol. The number of carbonyl (C=O) groups excluding carboxylic acids is 3. The fourth-order valence-corrected chi connectivity index (χ4v) is 8.52. The molecule has 0 aliphatic heterocycles. The summed E-state index contributed by atoms with van der Waals surface area (Å²) >= 11 is 0. The minimum absolute atomic E-state index is 0.0973. The fourth-order valence-electron chi connectivity index (χ4n) is 8.52. The second kappa shape index (κ2) is 56.0. The lowest BCUT2D eigenvalue weighted by Crippen LogP contribution is -2.30. The zero-order valence-electron chi connectivity index (χ0n) is 44.7. The number of allylic oxidation sites excluding steroid dienone is 8. The molecule has 6 nitrogen and oxygen atoms in total. The Morgan fingerprint density at radius 2 is 0.582 bits per heavy atom. The second-order valence-corrected chi connectivity index (χ2v) is 19.5. The van der Waals surface area contributed by atoms with Crippen molar-refractivity contribution >= 4 is 17.9 Å². The van der Waals surface area contributed by atoms with Gasteiger partial charge < -0.3 is 14.2 Å². The van der Waals surface area contributed by atoms with Gasteiger partial charge in [0.1, 0.15) is 13.2 Å². The van der Waals surface area contributed by atoms with Crippen LogP contribution in [0, 0.1) is 0 Å². The lowest BCUT2D eigenvalue weighted by atomic mass is 10.0. The largest absolute Gasteiger partial charge is 0.462 e. The molecule has 0 saturated carbocycles. The third kappa shape index (κ3) is 54.2. The van der Waals surface area contributed by atoms with Crippen molar-refractivity contribution < 1.29 is 28.6 Å². The summed E-state index contributed by atoms with van der Waals surface area (Å²) < 4.78 is 16.8. The molecule has 0 aliphatic rings. The molecule has 0 heterocycles. The number of rotatable bonds is 53.